The van der Waals surface area contributed by atoms with E-state index < -0.39 is 33.7 Å². The van der Waals surface area contributed by atoms with Crippen LogP contribution in [0.5, 0.6) is 0 Å². The molecule has 0 saturated heterocycles. The van der Waals surface area contributed by atoms with E-state index in [4.69, 9.17) is 5.11 Å². The summed E-state index contributed by atoms with van der Waals surface area (Å²) in [6.07, 6.45) is 0. The van der Waals surface area contributed by atoms with Crippen molar-refractivity contribution in [3.63, 3.8) is 0 Å². The number of nitrogens with zero attached hydrogens (tertiary/aromatic N) is 2. The SMILES string of the molecule is CC(C)N(CCO)C(=O)c1cc(F)c(F)cc1[N+](=O)[O-]. The molecule has 6 nitrogen and oxygen atoms in total. The molecule has 0 aliphatic heterocycles. The molecule has 1 aromatic rings. The molecule has 110 valence electrons. The third-order valence-electron chi connectivity index (χ3n) is 2.69. The summed E-state index contributed by atoms with van der Waals surface area (Å²) in [5.74, 6) is -3.57. The van der Waals surface area contributed by atoms with Crippen molar-refractivity contribution in [1.29, 1.82) is 0 Å². The van der Waals surface area contributed by atoms with E-state index in [9.17, 15) is 23.7 Å². The van der Waals surface area contributed by atoms with Gasteiger partial charge in [0.05, 0.1) is 17.6 Å². The fraction of sp³-hybridized carbons (Fsp3) is 0.417. The fourth-order valence-electron chi connectivity index (χ4n) is 1.72. The number of hydrogen-bond donors (Lipinski definition) is 1. The number of rotatable bonds is 5. The van der Waals surface area contributed by atoms with E-state index >= 15 is 0 Å². The van der Waals surface area contributed by atoms with Gasteiger partial charge in [0.1, 0.15) is 5.56 Å². The van der Waals surface area contributed by atoms with Crippen LogP contribution in [0.15, 0.2) is 12.1 Å². The normalized spacial score (nSPS) is 10.7. The fourth-order valence-corrected chi connectivity index (χ4v) is 1.72. The lowest BCUT2D eigenvalue weighted by Gasteiger charge is -2.25. The zero-order valence-electron chi connectivity index (χ0n) is 11.0. The molecule has 8 heteroatoms. The Kier molecular flexibility index (Phi) is 5.09. The van der Waals surface area contributed by atoms with E-state index in [-0.39, 0.29) is 19.2 Å². The molecule has 1 aromatic carbocycles. The lowest BCUT2D eigenvalue weighted by atomic mass is 10.1. The molecule has 0 bridgehead atoms. The minimum atomic E-state index is -1.40. The Morgan fingerprint density at radius 3 is 2.40 bits per heavy atom. The van der Waals surface area contributed by atoms with Crippen LogP contribution in [0.25, 0.3) is 0 Å². The average Bonchev–Trinajstić information content (AvgIpc) is 2.37. The van der Waals surface area contributed by atoms with Gasteiger partial charge in [-0.15, -0.1) is 0 Å². The molecule has 0 spiro atoms. The monoisotopic (exact) mass is 288 g/mol. The van der Waals surface area contributed by atoms with Crippen LogP contribution in [0.1, 0.15) is 24.2 Å². The van der Waals surface area contributed by atoms with Crippen molar-refractivity contribution in [3.8, 4) is 0 Å². The van der Waals surface area contributed by atoms with Crippen LogP contribution in [0.4, 0.5) is 14.5 Å². The number of benzene rings is 1. The van der Waals surface area contributed by atoms with Crippen LogP contribution in [0, 0.1) is 21.7 Å². The van der Waals surface area contributed by atoms with Gasteiger partial charge in [-0.1, -0.05) is 0 Å². The molecule has 0 atom stereocenters. The van der Waals surface area contributed by atoms with Gasteiger partial charge in [-0.05, 0) is 19.9 Å². The zero-order valence-corrected chi connectivity index (χ0v) is 11.0. The Balaban J connectivity index is 3.33. The van der Waals surface area contributed by atoms with Crippen molar-refractivity contribution in [1.82, 2.24) is 4.90 Å². The number of nitro benzene ring substituents is 1. The highest BCUT2D eigenvalue weighted by molar-refractivity contribution is 5.98. The van der Waals surface area contributed by atoms with Crippen molar-refractivity contribution >= 4 is 11.6 Å². The first-order valence-electron chi connectivity index (χ1n) is 5.84. The molecule has 0 aliphatic rings. The maximum atomic E-state index is 13.2. The number of halogens is 2. The molecule has 0 fully saturated rings. The summed E-state index contributed by atoms with van der Waals surface area (Å²) in [4.78, 5) is 23.2. The molecule has 0 radical (unpaired) electrons. The van der Waals surface area contributed by atoms with E-state index in [1.807, 2.05) is 0 Å². The molecule has 0 aromatic heterocycles. The Morgan fingerprint density at radius 1 is 1.40 bits per heavy atom. The van der Waals surface area contributed by atoms with E-state index in [2.05, 4.69) is 0 Å². The standard InChI is InChI=1S/C12H14F2N2O4/c1-7(2)15(3-4-17)12(18)8-5-9(13)10(14)6-11(8)16(19)20/h5-7,17H,3-4H2,1-2H3. The smallest absolute Gasteiger partial charge is 0.285 e. The maximum absolute atomic E-state index is 13.2. The molecule has 1 rings (SSSR count). The number of aliphatic hydroxyl groups is 1. The van der Waals surface area contributed by atoms with Crippen LogP contribution in [-0.2, 0) is 0 Å². The van der Waals surface area contributed by atoms with Crippen LogP contribution >= 0.6 is 0 Å². The lowest BCUT2D eigenvalue weighted by molar-refractivity contribution is -0.385. The minimum absolute atomic E-state index is 0.0628. The van der Waals surface area contributed by atoms with Crippen molar-refractivity contribution < 1.29 is 23.6 Å². The molecule has 0 saturated carbocycles. The first kappa shape index (κ1) is 16.0. The molecular weight excluding hydrogens is 274 g/mol. The highest BCUT2D eigenvalue weighted by Gasteiger charge is 2.28. The van der Waals surface area contributed by atoms with Gasteiger partial charge >= 0.3 is 0 Å². The van der Waals surface area contributed by atoms with Crippen LogP contribution in [-0.4, -0.2) is 40.0 Å². The second kappa shape index (κ2) is 6.38. The number of carbonyl (C=O) groups excluding carboxylic acids is 1. The van der Waals surface area contributed by atoms with Gasteiger partial charge < -0.3 is 10.0 Å². The maximum Gasteiger partial charge on any atom is 0.285 e. The van der Waals surface area contributed by atoms with Crippen molar-refractivity contribution in [2.75, 3.05) is 13.2 Å². The van der Waals surface area contributed by atoms with Gasteiger partial charge in [-0.3, -0.25) is 14.9 Å². The molecule has 0 aliphatic carbocycles. The first-order chi connectivity index (χ1) is 9.29. The topological polar surface area (TPSA) is 83.7 Å². The van der Waals surface area contributed by atoms with Gasteiger partial charge in [-0.25, -0.2) is 8.78 Å². The van der Waals surface area contributed by atoms with Crippen LogP contribution < -0.4 is 0 Å². The molecule has 0 unspecified atom stereocenters. The predicted molar refractivity (Wildman–Crippen MR) is 66.3 cm³/mol. The van der Waals surface area contributed by atoms with Crippen LogP contribution in [0.3, 0.4) is 0 Å². The number of amides is 1. The van der Waals surface area contributed by atoms with Gasteiger partial charge in [0.2, 0.25) is 0 Å². The summed E-state index contributed by atoms with van der Waals surface area (Å²) in [5.41, 5.74) is -1.35. The van der Waals surface area contributed by atoms with Crippen molar-refractivity contribution in [2.24, 2.45) is 0 Å². The molecular formula is C12H14F2N2O4. The summed E-state index contributed by atoms with van der Waals surface area (Å²) < 4.78 is 26.3. The second-order valence-corrected chi connectivity index (χ2v) is 4.36. The quantitative estimate of drug-likeness (QED) is 0.660. The van der Waals surface area contributed by atoms with Gasteiger partial charge in [0, 0.05) is 12.6 Å². The highest BCUT2D eigenvalue weighted by atomic mass is 19.2. The summed E-state index contributed by atoms with van der Waals surface area (Å²) >= 11 is 0. The Morgan fingerprint density at radius 2 is 1.95 bits per heavy atom. The molecule has 1 amide bonds. The zero-order chi connectivity index (χ0) is 15.4. The molecule has 0 heterocycles. The largest absolute Gasteiger partial charge is 0.395 e. The van der Waals surface area contributed by atoms with Gasteiger partial charge in [-0.2, -0.15) is 0 Å². The lowest BCUT2D eigenvalue weighted by Crippen LogP contribution is -2.39. The third-order valence-corrected chi connectivity index (χ3v) is 2.69. The number of aliphatic hydroxyl groups excluding tert-OH is 1. The summed E-state index contributed by atoms with van der Waals surface area (Å²) in [7, 11) is 0. The number of hydrogen-bond acceptors (Lipinski definition) is 4. The Hall–Kier alpha value is -2.09. The van der Waals surface area contributed by atoms with E-state index in [1.165, 1.54) is 0 Å². The highest BCUT2D eigenvalue weighted by Crippen LogP contribution is 2.24. The molecule has 1 N–H and O–H groups in total. The number of carbonyl (C=O) groups is 1. The van der Waals surface area contributed by atoms with E-state index in [1.54, 1.807) is 13.8 Å². The van der Waals surface area contributed by atoms with Crippen molar-refractivity contribution in [3.05, 3.63) is 39.4 Å². The first-order valence-corrected chi connectivity index (χ1v) is 5.84. The molecule has 20 heavy (non-hydrogen) atoms. The third kappa shape index (κ3) is 3.27. The average molecular weight is 288 g/mol. The Bertz CT molecular complexity index is 534. The van der Waals surface area contributed by atoms with E-state index in [0.29, 0.717) is 12.1 Å². The Labute approximate surface area is 113 Å². The van der Waals surface area contributed by atoms with E-state index in [0.717, 1.165) is 4.90 Å². The minimum Gasteiger partial charge on any atom is -0.395 e. The number of nitro groups is 1. The van der Waals surface area contributed by atoms with Gasteiger partial charge in [0.25, 0.3) is 11.6 Å². The van der Waals surface area contributed by atoms with Crippen molar-refractivity contribution in [2.45, 2.75) is 19.9 Å². The summed E-state index contributed by atoms with van der Waals surface area (Å²) in [5, 5.41) is 19.7. The van der Waals surface area contributed by atoms with Crippen LogP contribution in [0.2, 0.25) is 0 Å². The predicted octanol–water partition coefficient (Wildman–Crippen LogP) is 1.72. The van der Waals surface area contributed by atoms with Gasteiger partial charge in [0.15, 0.2) is 11.6 Å². The summed E-state index contributed by atoms with van der Waals surface area (Å²) in [6.45, 7) is 2.87. The summed E-state index contributed by atoms with van der Waals surface area (Å²) in [6, 6.07) is 0.519. The second-order valence-electron chi connectivity index (χ2n) is 4.36.